The third kappa shape index (κ3) is 2.52. The smallest absolute Gasteiger partial charge is 0.199 e. The Morgan fingerprint density at radius 2 is 2.18 bits per heavy atom. The zero-order chi connectivity index (χ0) is 12.4. The maximum atomic E-state index is 5.97. The molecule has 1 heterocycles. The fourth-order valence-corrected chi connectivity index (χ4v) is 1.99. The van der Waals surface area contributed by atoms with Gasteiger partial charge in [-0.05, 0) is 30.4 Å². The predicted molar refractivity (Wildman–Crippen MR) is 69.5 cm³/mol. The van der Waals surface area contributed by atoms with E-state index in [1.54, 1.807) is 23.8 Å². The van der Waals surface area contributed by atoms with Gasteiger partial charge in [-0.3, -0.25) is 9.67 Å². The first kappa shape index (κ1) is 12.6. The quantitative estimate of drug-likeness (QED) is 0.881. The maximum absolute atomic E-state index is 5.97. The largest absolute Gasteiger partial charge is 0.377 e. The summed E-state index contributed by atoms with van der Waals surface area (Å²) in [6.45, 7) is 0.355. The van der Waals surface area contributed by atoms with Gasteiger partial charge >= 0.3 is 0 Å². The van der Waals surface area contributed by atoms with Crippen molar-refractivity contribution >= 4 is 35.4 Å². The summed E-state index contributed by atoms with van der Waals surface area (Å²) in [6.07, 6.45) is 0. The summed E-state index contributed by atoms with van der Waals surface area (Å²) in [5.74, 6) is 0.677. The van der Waals surface area contributed by atoms with E-state index in [2.05, 4.69) is 10.2 Å². The minimum Gasteiger partial charge on any atom is -0.377 e. The SMILES string of the molecule is COCc1n[nH]c(=S)n1-c1ccc(Cl)c(Cl)c1. The molecule has 0 saturated carbocycles. The number of methoxy groups -OCH3 is 1. The number of halogens is 2. The molecule has 90 valence electrons. The van der Waals surface area contributed by atoms with Gasteiger partial charge in [-0.1, -0.05) is 23.2 Å². The van der Waals surface area contributed by atoms with E-state index in [4.69, 9.17) is 40.2 Å². The first-order valence-corrected chi connectivity index (χ1v) is 5.90. The van der Waals surface area contributed by atoms with Gasteiger partial charge in [0.1, 0.15) is 6.61 Å². The molecule has 0 unspecified atom stereocenters. The van der Waals surface area contributed by atoms with Gasteiger partial charge in [0.05, 0.1) is 15.7 Å². The molecule has 0 aliphatic rings. The Balaban J connectivity index is 2.55. The second kappa shape index (κ2) is 5.18. The van der Waals surface area contributed by atoms with Crippen molar-refractivity contribution in [3.8, 4) is 5.69 Å². The van der Waals surface area contributed by atoms with Gasteiger partial charge in [0.15, 0.2) is 10.6 Å². The van der Waals surface area contributed by atoms with Gasteiger partial charge in [-0.2, -0.15) is 5.10 Å². The van der Waals surface area contributed by atoms with E-state index >= 15 is 0 Å². The van der Waals surface area contributed by atoms with Gasteiger partial charge in [-0.25, -0.2) is 0 Å². The van der Waals surface area contributed by atoms with E-state index in [0.717, 1.165) is 5.69 Å². The van der Waals surface area contributed by atoms with Crippen LogP contribution in [0.5, 0.6) is 0 Å². The number of aromatic nitrogens is 3. The van der Waals surface area contributed by atoms with Crippen molar-refractivity contribution in [3.63, 3.8) is 0 Å². The molecule has 0 atom stereocenters. The number of nitrogens with one attached hydrogen (secondary N) is 1. The second-order valence-electron chi connectivity index (χ2n) is 3.31. The van der Waals surface area contributed by atoms with E-state index in [0.29, 0.717) is 27.2 Å². The fourth-order valence-electron chi connectivity index (χ4n) is 1.45. The monoisotopic (exact) mass is 289 g/mol. The van der Waals surface area contributed by atoms with Crippen molar-refractivity contribution in [1.29, 1.82) is 0 Å². The molecule has 0 saturated heterocycles. The first-order valence-electron chi connectivity index (χ1n) is 4.74. The molecule has 4 nitrogen and oxygen atoms in total. The zero-order valence-electron chi connectivity index (χ0n) is 8.91. The summed E-state index contributed by atoms with van der Waals surface area (Å²) in [4.78, 5) is 0. The van der Waals surface area contributed by atoms with Crippen LogP contribution in [0.1, 0.15) is 5.82 Å². The topological polar surface area (TPSA) is 42.8 Å². The lowest BCUT2D eigenvalue weighted by atomic mass is 10.3. The molecular formula is C10H9Cl2N3OS. The number of rotatable bonds is 3. The fraction of sp³-hybridized carbons (Fsp3) is 0.200. The average Bonchev–Trinajstić information content (AvgIpc) is 2.65. The molecule has 1 aromatic carbocycles. The molecule has 1 aromatic heterocycles. The van der Waals surface area contributed by atoms with Crippen LogP contribution in [0.3, 0.4) is 0 Å². The van der Waals surface area contributed by atoms with Gasteiger partial charge < -0.3 is 4.74 Å². The van der Waals surface area contributed by atoms with E-state index in [-0.39, 0.29) is 0 Å². The van der Waals surface area contributed by atoms with E-state index in [1.165, 1.54) is 0 Å². The van der Waals surface area contributed by atoms with Crippen LogP contribution in [0.4, 0.5) is 0 Å². The van der Waals surface area contributed by atoms with Gasteiger partial charge in [0, 0.05) is 7.11 Å². The number of ether oxygens (including phenoxy) is 1. The summed E-state index contributed by atoms with van der Waals surface area (Å²) < 4.78 is 7.28. The Hall–Kier alpha value is -0.880. The van der Waals surface area contributed by atoms with Crippen LogP contribution in [0, 0.1) is 4.77 Å². The van der Waals surface area contributed by atoms with Crippen molar-refractivity contribution < 1.29 is 4.74 Å². The summed E-state index contributed by atoms with van der Waals surface area (Å²) in [7, 11) is 1.59. The van der Waals surface area contributed by atoms with Crippen molar-refractivity contribution in [2.45, 2.75) is 6.61 Å². The zero-order valence-corrected chi connectivity index (χ0v) is 11.2. The minimum atomic E-state index is 0.355. The Morgan fingerprint density at radius 3 is 2.82 bits per heavy atom. The Kier molecular flexibility index (Phi) is 3.83. The van der Waals surface area contributed by atoms with Crippen LogP contribution in [0.25, 0.3) is 5.69 Å². The lowest BCUT2D eigenvalue weighted by molar-refractivity contribution is 0.176. The van der Waals surface area contributed by atoms with Crippen LogP contribution >= 0.6 is 35.4 Å². The van der Waals surface area contributed by atoms with Crippen molar-refractivity contribution in [1.82, 2.24) is 14.8 Å². The van der Waals surface area contributed by atoms with Gasteiger partial charge in [-0.15, -0.1) is 0 Å². The van der Waals surface area contributed by atoms with Gasteiger partial charge in [0.2, 0.25) is 0 Å². The number of H-pyrrole nitrogens is 1. The molecule has 0 aliphatic heterocycles. The second-order valence-corrected chi connectivity index (χ2v) is 4.51. The van der Waals surface area contributed by atoms with E-state index < -0.39 is 0 Å². The number of hydrogen-bond acceptors (Lipinski definition) is 3. The van der Waals surface area contributed by atoms with E-state index in [1.807, 2.05) is 6.07 Å². The molecule has 0 bridgehead atoms. The number of aromatic amines is 1. The molecule has 7 heteroatoms. The first-order chi connectivity index (χ1) is 8.13. The molecule has 1 N–H and O–H groups in total. The van der Waals surface area contributed by atoms with Crippen LogP contribution in [-0.4, -0.2) is 21.9 Å². The Morgan fingerprint density at radius 1 is 1.41 bits per heavy atom. The molecule has 17 heavy (non-hydrogen) atoms. The lowest BCUT2D eigenvalue weighted by Crippen LogP contribution is -2.02. The van der Waals surface area contributed by atoms with Crippen LogP contribution in [-0.2, 0) is 11.3 Å². The van der Waals surface area contributed by atoms with Crippen molar-refractivity contribution in [2.75, 3.05) is 7.11 Å². The highest BCUT2D eigenvalue weighted by atomic mass is 35.5. The molecular weight excluding hydrogens is 281 g/mol. The summed E-state index contributed by atoms with van der Waals surface area (Å²) in [5.41, 5.74) is 0.796. The number of hydrogen-bond donors (Lipinski definition) is 1. The summed E-state index contributed by atoms with van der Waals surface area (Å²) >= 11 is 17.0. The number of nitrogens with zero attached hydrogens (tertiary/aromatic N) is 2. The molecule has 2 aromatic rings. The third-order valence-electron chi connectivity index (χ3n) is 2.18. The van der Waals surface area contributed by atoms with E-state index in [9.17, 15) is 0 Å². The summed E-state index contributed by atoms with van der Waals surface area (Å²) in [5, 5.41) is 7.76. The molecule has 0 fully saturated rings. The normalized spacial score (nSPS) is 10.8. The highest BCUT2D eigenvalue weighted by Gasteiger charge is 2.09. The van der Waals surface area contributed by atoms with Gasteiger partial charge in [0.25, 0.3) is 0 Å². The molecule has 0 aliphatic carbocycles. The minimum absolute atomic E-state index is 0.355. The molecule has 0 amide bonds. The van der Waals surface area contributed by atoms with Crippen LogP contribution in [0.2, 0.25) is 10.0 Å². The van der Waals surface area contributed by atoms with Crippen molar-refractivity contribution in [3.05, 3.63) is 38.8 Å². The van der Waals surface area contributed by atoms with Crippen LogP contribution < -0.4 is 0 Å². The van der Waals surface area contributed by atoms with Crippen LogP contribution in [0.15, 0.2) is 18.2 Å². The van der Waals surface area contributed by atoms with Crippen molar-refractivity contribution in [2.24, 2.45) is 0 Å². The maximum Gasteiger partial charge on any atom is 0.199 e. The average molecular weight is 290 g/mol. The highest BCUT2D eigenvalue weighted by molar-refractivity contribution is 7.71. The number of benzene rings is 1. The summed E-state index contributed by atoms with van der Waals surface area (Å²) in [6, 6.07) is 5.26. The lowest BCUT2D eigenvalue weighted by Gasteiger charge is -2.07. The Labute approximate surface area is 113 Å². The molecule has 0 radical (unpaired) electrons. The predicted octanol–water partition coefficient (Wildman–Crippen LogP) is 3.38. The third-order valence-corrected chi connectivity index (χ3v) is 3.19. The standard InChI is InChI=1S/C10H9Cl2N3OS/c1-16-5-9-13-14-10(17)15(9)6-2-3-7(11)8(12)4-6/h2-4H,5H2,1H3,(H,14,17). The highest BCUT2D eigenvalue weighted by Crippen LogP contribution is 2.25. The molecule has 2 rings (SSSR count). The Bertz CT molecular complexity index is 593. The molecule has 0 spiro atoms.